The molecule has 0 aromatic heterocycles. The molecule has 0 saturated heterocycles. The van der Waals surface area contributed by atoms with Crippen molar-refractivity contribution in [2.45, 2.75) is 6.92 Å². The van der Waals surface area contributed by atoms with Crippen molar-refractivity contribution in [1.82, 2.24) is 0 Å². The Morgan fingerprint density at radius 2 is 1.50 bits per heavy atom. The largest absolute Gasteiger partial charge is 0.739 e. The second kappa shape index (κ2) is 6.98. The predicted octanol–water partition coefficient (Wildman–Crippen LogP) is 4.56. The number of carbonyl (C=O) groups is 1. The van der Waals surface area contributed by atoms with Crippen molar-refractivity contribution in [3.63, 3.8) is 0 Å². The molecule has 0 heterocycles. The minimum atomic E-state index is -0.179. The quantitative estimate of drug-likeness (QED) is 0.554. The number of rotatable bonds is 5. The summed E-state index contributed by atoms with van der Waals surface area (Å²) in [6, 6.07) is 23.2. The number of carbonyl (C=O) groups excluding carboxylic acids is 1. The normalized spacial score (nSPS) is 10.2. The minimum Gasteiger partial charge on any atom is -0.739 e. The van der Waals surface area contributed by atoms with E-state index in [1.165, 1.54) is 0 Å². The summed E-state index contributed by atoms with van der Waals surface area (Å²) in [5.74, 6) is -0.179. The molecular formula is C20H17N2O2-. The van der Waals surface area contributed by atoms with Gasteiger partial charge in [-0.05, 0) is 31.2 Å². The number of nitrogens with zero attached hydrogens (tertiary/aromatic N) is 1. The topological polar surface area (TPSA) is 55.4 Å². The summed E-state index contributed by atoms with van der Waals surface area (Å²) in [7, 11) is 0. The maximum absolute atomic E-state index is 12.7. The zero-order valence-electron chi connectivity index (χ0n) is 13.3. The standard InChI is InChI=1S/C20H17N2O2/c1-15-11-13-16(14-12-15)20(23)18-9-5-6-10-19(18)22(24)21-17-7-3-2-4-8-17/h2-14,21H,1H3/q-1. The molecule has 0 aliphatic rings. The van der Waals surface area contributed by atoms with E-state index in [-0.39, 0.29) is 11.5 Å². The van der Waals surface area contributed by atoms with E-state index in [9.17, 15) is 10.0 Å². The molecule has 0 bridgehead atoms. The Morgan fingerprint density at radius 3 is 2.21 bits per heavy atom. The van der Waals surface area contributed by atoms with Crippen LogP contribution in [0.25, 0.3) is 0 Å². The first-order chi connectivity index (χ1) is 11.6. The van der Waals surface area contributed by atoms with E-state index in [1.807, 2.05) is 37.3 Å². The molecule has 0 amide bonds. The lowest BCUT2D eigenvalue weighted by molar-refractivity contribution is 0.103. The third-order valence-electron chi connectivity index (χ3n) is 3.69. The molecule has 0 spiro atoms. The smallest absolute Gasteiger partial charge is 0.195 e. The van der Waals surface area contributed by atoms with E-state index in [1.54, 1.807) is 48.5 Å². The fourth-order valence-corrected chi connectivity index (χ4v) is 2.39. The van der Waals surface area contributed by atoms with Crippen LogP contribution in [0.2, 0.25) is 0 Å². The number of aryl methyl sites for hydroxylation is 1. The molecule has 0 saturated carbocycles. The fraction of sp³-hybridized carbons (Fsp3) is 0.0500. The van der Waals surface area contributed by atoms with Gasteiger partial charge in [0.15, 0.2) is 5.78 Å². The maximum Gasteiger partial charge on any atom is 0.195 e. The summed E-state index contributed by atoms with van der Waals surface area (Å²) in [4.78, 5) is 12.7. The van der Waals surface area contributed by atoms with E-state index in [0.29, 0.717) is 22.0 Å². The van der Waals surface area contributed by atoms with Gasteiger partial charge in [-0.2, -0.15) is 0 Å². The van der Waals surface area contributed by atoms with Gasteiger partial charge in [-0.15, -0.1) is 0 Å². The van der Waals surface area contributed by atoms with Gasteiger partial charge in [-0.1, -0.05) is 60.2 Å². The number of anilines is 2. The molecule has 0 atom stereocenters. The number of para-hydroxylation sites is 2. The third kappa shape index (κ3) is 3.45. The van der Waals surface area contributed by atoms with Crippen LogP contribution in [0.4, 0.5) is 11.4 Å². The van der Waals surface area contributed by atoms with Gasteiger partial charge >= 0.3 is 0 Å². The first-order valence-electron chi connectivity index (χ1n) is 7.64. The minimum absolute atomic E-state index is 0.179. The molecule has 3 aromatic carbocycles. The van der Waals surface area contributed by atoms with Crippen molar-refractivity contribution >= 4 is 17.2 Å². The highest BCUT2D eigenvalue weighted by Gasteiger charge is 2.14. The molecular weight excluding hydrogens is 300 g/mol. The molecule has 0 unspecified atom stereocenters. The Bertz CT molecular complexity index is 830. The Hall–Kier alpha value is -3.11. The van der Waals surface area contributed by atoms with Gasteiger partial charge in [0.2, 0.25) is 0 Å². The molecule has 3 rings (SSSR count). The number of nitrogens with one attached hydrogen (secondary N) is 1. The van der Waals surface area contributed by atoms with Gasteiger partial charge in [0, 0.05) is 11.1 Å². The van der Waals surface area contributed by atoms with Crippen molar-refractivity contribution in [1.29, 1.82) is 0 Å². The van der Waals surface area contributed by atoms with Gasteiger partial charge in [-0.3, -0.25) is 4.79 Å². The van der Waals surface area contributed by atoms with Crippen molar-refractivity contribution in [3.05, 3.63) is 101 Å². The first kappa shape index (κ1) is 15.8. The Kier molecular flexibility index (Phi) is 4.59. The highest BCUT2D eigenvalue weighted by atomic mass is 16.5. The van der Waals surface area contributed by atoms with Crippen LogP contribution in [0.1, 0.15) is 21.5 Å². The highest BCUT2D eigenvalue weighted by Crippen LogP contribution is 2.23. The summed E-state index contributed by atoms with van der Waals surface area (Å²) in [5, 5.41) is 13.1. The van der Waals surface area contributed by atoms with Gasteiger partial charge in [0.25, 0.3) is 0 Å². The van der Waals surface area contributed by atoms with Crippen LogP contribution >= 0.6 is 0 Å². The zero-order valence-corrected chi connectivity index (χ0v) is 13.3. The average Bonchev–Trinajstić information content (AvgIpc) is 2.62. The second-order valence-corrected chi connectivity index (χ2v) is 5.48. The van der Waals surface area contributed by atoms with E-state index in [0.717, 1.165) is 5.56 Å². The van der Waals surface area contributed by atoms with Crippen molar-refractivity contribution in [3.8, 4) is 0 Å². The summed E-state index contributed by atoms with van der Waals surface area (Å²) in [5.41, 5.74) is 5.68. The van der Waals surface area contributed by atoms with E-state index in [2.05, 4.69) is 5.43 Å². The van der Waals surface area contributed by atoms with Crippen LogP contribution in [-0.4, -0.2) is 5.78 Å². The Morgan fingerprint density at radius 1 is 0.875 bits per heavy atom. The van der Waals surface area contributed by atoms with E-state index >= 15 is 0 Å². The van der Waals surface area contributed by atoms with Gasteiger partial charge in [-0.25, -0.2) is 0 Å². The molecule has 1 N–H and O–H groups in total. The van der Waals surface area contributed by atoms with Gasteiger partial charge in [0.1, 0.15) is 0 Å². The van der Waals surface area contributed by atoms with Crippen LogP contribution in [0.5, 0.6) is 0 Å². The zero-order chi connectivity index (χ0) is 16.9. The molecule has 0 fully saturated rings. The van der Waals surface area contributed by atoms with Crippen LogP contribution < -0.4 is 10.6 Å². The first-order valence-corrected chi connectivity index (χ1v) is 7.64. The predicted molar refractivity (Wildman–Crippen MR) is 97.0 cm³/mol. The van der Waals surface area contributed by atoms with Crippen molar-refractivity contribution < 1.29 is 4.79 Å². The van der Waals surface area contributed by atoms with Crippen LogP contribution in [-0.2, 0) is 0 Å². The maximum atomic E-state index is 12.7. The summed E-state index contributed by atoms with van der Waals surface area (Å²) < 4.78 is 0. The van der Waals surface area contributed by atoms with Crippen LogP contribution in [0, 0.1) is 12.1 Å². The molecule has 4 nitrogen and oxygen atoms in total. The van der Waals surface area contributed by atoms with Gasteiger partial charge < -0.3 is 15.8 Å². The summed E-state index contributed by atoms with van der Waals surface area (Å²) in [6.45, 7) is 1.96. The number of hydrogen-bond donors (Lipinski definition) is 1. The lowest BCUT2D eigenvalue weighted by Gasteiger charge is -2.33. The van der Waals surface area contributed by atoms with Crippen molar-refractivity contribution in [2.75, 3.05) is 10.6 Å². The molecule has 4 heteroatoms. The lowest BCUT2D eigenvalue weighted by Crippen LogP contribution is -2.24. The van der Waals surface area contributed by atoms with Crippen molar-refractivity contribution in [2.24, 2.45) is 0 Å². The number of ketones is 1. The third-order valence-corrected chi connectivity index (χ3v) is 3.69. The fourth-order valence-electron chi connectivity index (χ4n) is 2.39. The lowest BCUT2D eigenvalue weighted by atomic mass is 10.0. The second-order valence-electron chi connectivity index (χ2n) is 5.48. The molecule has 0 aliphatic heterocycles. The van der Waals surface area contributed by atoms with Gasteiger partial charge in [0.05, 0.1) is 11.4 Å². The Labute approximate surface area is 140 Å². The molecule has 24 heavy (non-hydrogen) atoms. The van der Waals surface area contributed by atoms with E-state index in [4.69, 9.17) is 0 Å². The SMILES string of the molecule is Cc1ccc(C(=O)c2ccccc2N([O-])Nc2ccccc2)cc1. The highest BCUT2D eigenvalue weighted by molar-refractivity contribution is 6.12. The van der Waals surface area contributed by atoms with E-state index < -0.39 is 0 Å². The van der Waals surface area contributed by atoms with Crippen LogP contribution in [0.15, 0.2) is 78.9 Å². The molecule has 0 radical (unpaired) electrons. The monoisotopic (exact) mass is 317 g/mol. The summed E-state index contributed by atoms with van der Waals surface area (Å²) in [6.07, 6.45) is 0. The molecule has 0 aliphatic carbocycles. The van der Waals surface area contributed by atoms with Crippen LogP contribution in [0.3, 0.4) is 0 Å². The molecule has 120 valence electrons. The number of benzene rings is 3. The summed E-state index contributed by atoms with van der Waals surface area (Å²) >= 11 is 0. The average molecular weight is 317 g/mol. The molecule has 3 aromatic rings. The number of hydrogen-bond acceptors (Lipinski definition) is 4. The number of hydrazine groups is 1. The Balaban J connectivity index is 1.90.